The van der Waals surface area contributed by atoms with Gasteiger partial charge in [-0.25, -0.2) is 0 Å². The van der Waals surface area contributed by atoms with Crippen molar-refractivity contribution in [3.8, 4) is 0 Å². The topological polar surface area (TPSA) is 84.2 Å². The summed E-state index contributed by atoms with van der Waals surface area (Å²) in [4.78, 5) is 22.7. The lowest BCUT2D eigenvalue weighted by molar-refractivity contribution is -0.139. The Bertz CT molecular complexity index is 434. The van der Waals surface area contributed by atoms with Gasteiger partial charge in [-0.3, -0.25) is 9.59 Å². The van der Waals surface area contributed by atoms with Gasteiger partial charge in [-0.1, -0.05) is 42.5 Å². The Morgan fingerprint density at radius 2 is 1.72 bits per heavy atom. The van der Waals surface area contributed by atoms with Crippen LogP contribution in [0.1, 0.15) is 5.56 Å². The first-order valence-corrected chi connectivity index (χ1v) is 5.88. The quantitative estimate of drug-likeness (QED) is 0.506. The molecule has 4 N–H and O–H groups in total. The largest absolute Gasteiger partial charge is 0.392 e. The van der Waals surface area contributed by atoms with Crippen molar-refractivity contribution in [2.45, 2.75) is 6.42 Å². The maximum Gasteiger partial charge on any atom is 0.309 e. The molecule has 6 heteroatoms. The first kappa shape index (κ1) is 14.1. The van der Waals surface area contributed by atoms with E-state index in [0.29, 0.717) is 13.0 Å². The minimum absolute atomic E-state index is 0.0280. The fraction of sp³-hybridized carbons (Fsp3) is 0.250. The second-order valence-electron chi connectivity index (χ2n) is 3.64. The van der Waals surface area contributed by atoms with Gasteiger partial charge in [-0.05, 0) is 12.0 Å². The van der Waals surface area contributed by atoms with Crippen LogP contribution < -0.4 is 16.4 Å². The maximum atomic E-state index is 11.3. The predicted octanol–water partition coefficient (Wildman–Crippen LogP) is -0.252. The molecule has 0 fully saturated rings. The van der Waals surface area contributed by atoms with Crippen LogP contribution in [0.2, 0.25) is 0 Å². The Hall–Kier alpha value is -1.95. The number of nitrogens with two attached hydrogens (primary N) is 1. The summed E-state index contributed by atoms with van der Waals surface area (Å²) in [6, 6.07) is 9.68. The number of thiocarbonyl (C=S) groups is 1. The first-order chi connectivity index (χ1) is 8.59. The zero-order valence-electron chi connectivity index (χ0n) is 9.81. The van der Waals surface area contributed by atoms with E-state index < -0.39 is 11.8 Å². The molecule has 1 aromatic rings. The van der Waals surface area contributed by atoms with E-state index in [4.69, 9.17) is 5.73 Å². The molecule has 0 saturated carbocycles. The van der Waals surface area contributed by atoms with Crippen LogP contribution in [0.25, 0.3) is 0 Å². The molecule has 1 rings (SSSR count). The first-order valence-electron chi connectivity index (χ1n) is 5.48. The lowest BCUT2D eigenvalue weighted by atomic mass is 10.1. The Balaban J connectivity index is 2.24. The lowest BCUT2D eigenvalue weighted by Gasteiger charge is -2.05. The maximum absolute atomic E-state index is 11.3. The summed E-state index contributed by atoms with van der Waals surface area (Å²) >= 11 is 4.58. The number of nitrogens with one attached hydrogen (secondary N) is 2. The highest BCUT2D eigenvalue weighted by atomic mass is 32.1. The molecule has 0 heterocycles. The predicted molar refractivity (Wildman–Crippen MR) is 73.0 cm³/mol. The fourth-order valence-corrected chi connectivity index (χ4v) is 1.37. The van der Waals surface area contributed by atoms with Crippen molar-refractivity contribution < 1.29 is 9.59 Å². The van der Waals surface area contributed by atoms with Gasteiger partial charge in [0.1, 0.15) is 0 Å². The van der Waals surface area contributed by atoms with Gasteiger partial charge in [0, 0.05) is 6.54 Å². The van der Waals surface area contributed by atoms with Gasteiger partial charge in [-0.15, -0.1) is 0 Å². The Morgan fingerprint density at radius 3 is 2.33 bits per heavy atom. The Morgan fingerprint density at radius 1 is 1.11 bits per heavy atom. The summed E-state index contributed by atoms with van der Waals surface area (Å²) in [5, 5.41) is 4.83. The minimum atomic E-state index is -0.726. The number of hydrogen-bond donors (Lipinski definition) is 3. The average molecular weight is 265 g/mol. The summed E-state index contributed by atoms with van der Waals surface area (Å²) in [6.45, 7) is 0.434. The molecule has 2 amide bonds. The summed E-state index contributed by atoms with van der Waals surface area (Å²) in [7, 11) is 0. The molecule has 0 bridgehead atoms. The van der Waals surface area contributed by atoms with E-state index in [2.05, 4.69) is 22.9 Å². The van der Waals surface area contributed by atoms with Crippen molar-refractivity contribution >= 4 is 29.0 Å². The van der Waals surface area contributed by atoms with Crippen LogP contribution in [0, 0.1) is 0 Å². The number of hydrogen-bond acceptors (Lipinski definition) is 3. The van der Waals surface area contributed by atoms with E-state index in [1.807, 2.05) is 30.3 Å². The van der Waals surface area contributed by atoms with Crippen LogP contribution in [0.15, 0.2) is 30.3 Å². The number of carbonyl (C=O) groups is 2. The van der Waals surface area contributed by atoms with Crippen LogP contribution in [0.5, 0.6) is 0 Å². The summed E-state index contributed by atoms with van der Waals surface area (Å²) < 4.78 is 0. The van der Waals surface area contributed by atoms with E-state index in [-0.39, 0.29) is 11.5 Å². The van der Waals surface area contributed by atoms with Crippen molar-refractivity contribution in [3.05, 3.63) is 35.9 Å². The zero-order valence-corrected chi connectivity index (χ0v) is 10.6. The molecule has 18 heavy (non-hydrogen) atoms. The standard InChI is InChI=1S/C12H15N3O2S/c13-10(18)8-15-12(17)11(16)14-7-6-9-4-2-1-3-5-9/h1-5H,6-8H2,(H2,13,18)(H,14,16)(H,15,17). The number of rotatable bonds is 5. The number of amides is 2. The van der Waals surface area contributed by atoms with Crippen molar-refractivity contribution in [1.82, 2.24) is 10.6 Å². The molecular formula is C12H15N3O2S. The minimum Gasteiger partial charge on any atom is -0.392 e. The molecular weight excluding hydrogens is 250 g/mol. The van der Waals surface area contributed by atoms with Crippen LogP contribution in [-0.2, 0) is 16.0 Å². The smallest absolute Gasteiger partial charge is 0.309 e. The molecule has 0 aromatic heterocycles. The van der Waals surface area contributed by atoms with Crippen molar-refractivity contribution in [1.29, 1.82) is 0 Å². The fourth-order valence-electron chi connectivity index (χ4n) is 1.29. The van der Waals surface area contributed by atoms with Crippen molar-refractivity contribution in [2.75, 3.05) is 13.1 Å². The highest BCUT2D eigenvalue weighted by Gasteiger charge is 2.11. The van der Waals surface area contributed by atoms with Crippen LogP contribution >= 0.6 is 12.2 Å². The molecule has 0 aliphatic carbocycles. The van der Waals surface area contributed by atoms with Gasteiger partial charge < -0.3 is 16.4 Å². The van der Waals surface area contributed by atoms with Gasteiger partial charge in [0.25, 0.3) is 0 Å². The monoisotopic (exact) mass is 265 g/mol. The van der Waals surface area contributed by atoms with E-state index in [9.17, 15) is 9.59 Å². The summed E-state index contributed by atoms with van der Waals surface area (Å²) in [5.41, 5.74) is 6.30. The summed E-state index contributed by atoms with van der Waals surface area (Å²) in [6.07, 6.45) is 0.676. The third-order valence-electron chi connectivity index (χ3n) is 2.17. The SMILES string of the molecule is NC(=S)CNC(=O)C(=O)NCCc1ccccc1. The molecule has 0 spiro atoms. The Labute approximate surface area is 111 Å². The third kappa shape index (κ3) is 5.40. The number of carbonyl (C=O) groups excluding carboxylic acids is 2. The zero-order chi connectivity index (χ0) is 13.4. The Kier molecular flexibility index (Phi) is 5.79. The molecule has 5 nitrogen and oxygen atoms in total. The van der Waals surface area contributed by atoms with E-state index >= 15 is 0 Å². The molecule has 0 atom stereocenters. The molecule has 0 saturated heterocycles. The van der Waals surface area contributed by atoms with E-state index in [0.717, 1.165) is 5.56 Å². The third-order valence-corrected chi connectivity index (χ3v) is 2.32. The molecule has 1 aromatic carbocycles. The van der Waals surface area contributed by atoms with Crippen molar-refractivity contribution in [3.63, 3.8) is 0 Å². The molecule has 0 unspecified atom stereocenters. The van der Waals surface area contributed by atoms with Crippen LogP contribution in [0.3, 0.4) is 0 Å². The molecule has 96 valence electrons. The van der Waals surface area contributed by atoms with Crippen LogP contribution in [-0.4, -0.2) is 29.9 Å². The van der Waals surface area contributed by atoms with Crippen LogP contribution in [0.4, 0.5) is 0 Å². The second kappa shape index (κ2) is 7.39. The molecule has 0 radical (unpaired) electrons. The van der Waals surface area contributed by atoms with E-state index in [1.165, 1.54) is 0 Å². The van der Waals surface area contributed by atoms with E-state index in [1.54, 1.807) is 0 Å². The normalized spacial score (nSPS) is 9.56. The highest BCUT2D eigenvalue weighted by molar-refractivity contribution is 7.80. The van der Waals surface area contributed by atoms with Gasteiger partial charge >= 0.3 is 11.8 Å². The lowest BCUT2D eigenvalue weighted by Crippen LogP contribution is -2.43. The van der Waals surface area contributed by atoms with Gasteiger partial charge in [0.05, 0.1) is 11.5 Å². The van der Waals surface area contributed by atoms with Gasteiger partial charge in [0.15, 0.2) is 0 Å². The average Bonchev–Trinajstić information content (AvgIpc) is 2.37. The summed E-state index contributed by atoms with van der Waals surface area (Å²) in [5.74, 6) is -1.40. The van der Waals surface area contributed by atoms with Gasteiger partial charge in [0.2, 0.25) is 0 Å². The van der Waals surface area contributed by atoms with Gasteiger partial charge in [-0.2, -0.15) is 0 Å². The van der Waals surface area contributed by atoms with Crippen molar-refractivity contribution in [2.24, 2.45) is 5.73 Å². The highest BCUT2D eigenvalue weighted by Crippen LogP contribution is 1.97. The molecule has 0 aliphatic heterocycles. The molecule has 0 aliphatic rings. The number of benzene rings is 1. The second-order valence-corrected chi connectivity index (χ2v) is 4.16.